The average molecular weight is 334 g/mol. The molecule has 3 rings (SSSR count). The van der Waals surface area contributed by atoms with Gasteiger partial charge in [-0.05, 0) is 63.0 Å². The highest BCUT2D eigenvalue weighted by Crippen LogP contribution is 2.40. The highest BCUT2D eigenvalue weighted by Gasteiger charge is 2.43. The number of piperidine rings is 1. The molecule has 0 atom stereocenters. The highest BCUT2D eigenvalue weighted by atomic mass is 32.2. The monoisotopic (exact) mass is 334 g/mol. The second-order valence-electron chi connectivity index (χ2n) is 7.30. The Kier molecular flexibility index (Phi) is 4.38. The molecule has 2 fully saturated rings. The van der Waals surface area contributed by atoms with Crippen LogP contribution < -0.4 is 0 Å². The van der Waals surface area contributed by atoms with Crippen molar-refractivity contribution in [3.05, 3.63) is 41.3 Å². The lowest BCUT2D eigenvalue weighted by Gasteiger charge is -2.54. The van der Waals surface area contributed by atoms with Crippen molar-refractivity contribution >= 4 is 9.84 Å². The minimum atomic E-state index is -3.38. The molecular weight excluding hydrogens is 308 g/mol. The maximum atomic E-state index is 12.2. The van der Waals surface area contributed by atoms with Gasteiger partial charge in [0.1, 0.15) is 0 Å². The zero-order valence-electron chi connectivity index (χ0n) is 14.1. The van der Waals surface area contributed by atoms with Crippen LogP contribution in [-0.4, -0.2) is 51.4 Å². The molecule has 0 aromatic heterocycles. The summed E-state index contributed by atoms with van der Waals surface area (Å²) in [6, 6.07) is 7.29. The first-order valence-corrected chi connectivity index (χ1v) is 9.70. The normalized spacial score (nSPS) is 22.0. The molecule has 0 radical (unpaired) electrons. The van der Waals surface area contributed by atoms with Gasteiger partial charge in [-0.1, -0.05) is 18.7 Å². The Balaban J connectivity index is 1.63. The molecule has 2 aliphatic heterocycles. The predicted octanol–water partition coefficient (Wildman–Crippen LogP) is 2.52. The van der Waals surface area contributed by atoms with E-state index in [9.17, 15) is 8.42 Å². The topological polar surface area (TPSA) is 40.6 Å². The Bertz CT molecular complexity index is 695. The predicted molar refractivity (Wildman–Crippen MR) is 92.9 cm³/mol. The van der Waals surface area contributed by atoms with Gasteiger partial charge in [0.25, 0.3) is 0 Å². The molecule has 23 heavy (non-hydrogen) atoms. The highest BCUT2D eigenvalue weighted by molar-refractivity contribution is 7.95. The second kappa shape index (κ2) is 6.04. The van der Waals surface area contributed by atoms with Gasteiger partial charge in [0.15, 0.2) is 0 Å². The van der Waals surface area contributed by atoms with Crippen LogP contribution in [0.25, 0.3) is 0 Å². The molecule has 2 saturated heterocycles. The van der Waals surface area contributed by atoms with E-state index in [0.29, 0.717) is 10.3 Å². The summed E-state index contributed by atoms with van der Waals surface area (Å²) < 4.78 is 24.4. The van der Waals surface area contributed by atoms with Gasteiger partial charge in [-0.2, -0.15) is 0 Å². The van der Waals surface area contributed by atoms with Crippen molar-refractivity contribution in [2.24, 2.45) is 5.41 Å². The lowest BCUT2D eigenvalue weighted by molar-refractivity contribution is -0.0471. The van der Waals surface area contributed by atoms with Gasteiger partial charge in [0.2, 0.25) is 9.84 Å². The van der Waals surface area contributed by atoms with Gasteiger partial charge in [0, 0.05) is 24.5 Å². The van der Waals surface area contributed by atoms with Gasteiger partial charge in [-0.15, -0.1) is 0 Å². The van der Waals surface area contributed by atoms with Gasteiger partial charge in [-0.25, -0.2) is 8.42 Å². The molecule has 0 N–H and O–H groups in total. The number of benzene rings is 1. The molecular formula is C18H26N2O2S. The standard InChI is InChI=1S/C18H26N2O2S/c1-15(2)23(21,22)17-6-4-5-16(11-17)12-20-13-18(14-20)7-9-19(3)10-8-18/h4-6,11H,1,7-10,12-14H2,2-3H3. The molecule has 1 aromatic carbocycles. The molecule has 2 aliphatic rings. The maximum absolute atomic E-state index is 12.2. The van der Waals surface area contributed by atoms with Crippen LogP contribution >= 0.6 is 0 Å². The molecule has 4 nitrogen and oxygen atoms in total. The fraction of sp³-hybridized carbons (Fsp3) is 0.556. The van der Waals surface area contributed by atoms with Crippen LogP contribution in [0.2, 0.25) is 0 Å². The fourth-order valence-electron chi connectivity index (χ4n) is 3.69. The lowest BCUT2D eigenvalue weighted by Crippen LogP contribution is -2.59. The number of likely N-dealkylation sites (tertiary alicyclic amines) is 2. The summed E-state index contributed by atoms with van der Waals surface area (Å²) in [5, 5.41) is 0. The molecule has 126 valence electrons. The maximum Gasteiger partial charge on any atom is 0.201 e. The van der Waals surface area contributed by atoms with Gasteiger partial charge in [-0.3, -0.25) is 4.90 Å². The molecule has 0 saturated carbocycles. The molecule has 0 amide bonds. The van der Waals surface area contributed by atoms with Crippen LogP contribution in [0, 0.1) is 5.41 Å². The van der Waals surface area contributed by atoms with Crippen molar-refractivity contribution in [2.75, 3.05) is 33.2 Å². The minimum absolute atomic E-state index is 0.198. The summed E-state index contributed by atoms with van der Waals surface area (Å²) >= 11 is 0. The van der Waals surface area contributed by atoms with Gasteiger partial charge < -0.3 is 4.90 Å². The van der Waals surface area contributed by atoms with Crippen molar-refractivity contribution in [3.63, 3.8) is 0 Å². The first-order chi connectivity index (χ1) is 10.8. The van der Waals surface area contributed by atoms with E-state index in [1.807, 2.05) is 12.1 Å². The third-order valence-corrected chi connectivity index (χ3v) is 7.03. The van der Waals surface area contributed by atoms with E-state index in [4.69, 9.17) is 0 Å². The van der Waals surface area contributed by atoms with Gasteiger partial charge in [0.05, 0.1) is 4.90 Å². The Morgan fingerprint density at radius 2 is 1.91 bits per heavy atom. The molecule has 2 heterocycles. The SMILES string of the molecule is C=C(C)S(=O)(=O)c1cccc(CN2CC3(CCN(C)CC3)C2)c1. The summed E-state index contributed by atoms with van der Waals surface area (Å²) in [4.78, 5) is 5.39. The zero-order valence-corrected chi connectivity index (χ0v) is 14.9. The number of rotatable bonds is 4. The fourth-order valence-corrected chi connectivity index (χ4v) is 4.66. The number of sulfone groups is 1. The summed E-state index contributed by atoms with van der Waals surface area (Å²) in [7, 11) is -1.18. The van der Waals surface area contributed by atoms with Crippen molar-refractivity contribution in [1.82, 2.24) is 9.80 Å². The number of hydrogen-bond acceptors (Lipinski definition) is 4. The Morgan fingerprint density at radius 1 is 1.26 bits per heavy atom. The summed E-state index contributed by atoms with van der Waals surface area (Å²) in [5.41, 5.74) is 1.57. The molecule has 1 spiro atoms. The van der Waals surface area contributed by atoms with E-state index in [-0.39, 0.29) is 4.91 Å². The Hall–Kier alpha value is -1.17. The molecule has 0 bridgehead atoms. The van der Waals surface area contributed by atoms with Crippen molar-refractivity contribution in [1.29, 1.82) is 0 Å². The summed E-state index contributed by atoms with van der Waals surface area (Å²) in [6.45, 7) is 10.6. The van der Waals surface area contributed by atoms with E-state index in [0.717, 1.165) is 25.2 Å². The molecule has 1 aromatic rings. The lowest BCUT2D eigenvalue weighted by atomic mass is 9.72. The summed E-state index contributed by atoms with van der Waals surface area (Å²) in [6.07, 6.45) is 2.56. The van der Waals surface area contributed by atoms with Crippen LogP contribution in [-0.2, 0) is 16.4 Å². The minimum Gasteiger partial charge on any atom is -0.306 e. The second-order valence-corrected chi connectivity index (χ2v) is 9.48. The smallest absolute Gasteiger partial charge is 0.201 e. The van der Waals surface area contributed by atoms with Crippen LogP contribution in [0.1, 0.15) is 25.3 Å². The number of allylic oxidation sites excluding steroid dienone is 1. The summed E-state index contributed by atoms with van der Waals surface area (Å²) in [5.74, 6) is 0. The van der Waals surface area contributed by atoms with E-state index in [1.165, 1.54) is 25.9 Å². The zero-order chi connectivity index (χ0) is 16.7. The van der Waals surface area contributed by atoms with E-state index in [2.05, 4.69) is 23.4 Å². The van der Waals surface area contributed by atoms with E-state index >= 15 is 0 Å². The van der Waals surface area contributed by atoms with Crippen LogP contribution in [0.4, 0.5) is 0 Å². The Morgan fingerprint density at radius 3 is 2.52 bits per heavy atom. The van der Waals surface area contributed by atoms with E-state index < -0.39 is 9.84 Å². The number of hydrogen-bond donors (Lipinski definition) is 0. The van der Waals surface area contributed by atoms with Crippen LogP contribution in [0.3, 0.4) is 0 Å². The molecule has 0 aliphatic carbocycles. The van der Waals surface area contributed by atoms with E-state index in [1.54, 1.807) is 19.1 Å². The third kappa shape index (κ3) is 3.37. The molecule has 0 unspecified atom stereocenters. The van der Waals surface area contributed by atoms with Crippen LogP contribution in [0.15, 0.2) is 40.6 Å². The first-order valence-electron chi connectivity index (χ1n) is 8.21. The van der Waals surface area contributed by atoms with Crippen molar-refractivity contribution in [3.8, 4) is 0 Å². The third-order valence-electron chi connectivity index (χ3n) is 5.24. The van der Waals surface area contributed by atoms with Gasteiger partial charge >= 0.3 is 0 Å². The quantitative estimate of drug-likeness (QED) is 0.848. The van der Waals surface area contributed by atoms with Crippen molar-refractivity contribution in [2.45, 2.75) is 31.2 Å². The largest absolute Gasteiger partial charge is 0.306 e. The molecule has 5 heteroatoms. The number of nitrogens with zero attached hydrogens (tertiary/aromatic N) is 2. The Labute approximate surface area is 139 Å². The first kappa shape index (κ1) is 16.7. The average Bonchev–Trinajstić information content (AvgIpc) is 2.48. The van der Waals surface area contributed by atoms with Crippen LogP contribution in [0.5, 0.6) is 0 Å². The van der Waals surface area contributed by atoms with Crippen molar-refractivity contribution < 1.29 is 8.42 Å².